The minimum Gasteiger partial charge on any atom is -0.465 e. The van der Waals surface area contributed by atoms with E-state index in [0.717, 1.165) is 11.3 Å². The standard InChI is InChI=1S/C17H18ClN3O5S2/c18-13-3-1-12(2-4-13)16(22)19-11-14-5-6-15(27-14)28(25,26)21-9-7-20(8-10-21)17(23)24/h1-6H,7-11H2,(H,19,22)(H,23,24). The molecule has 28 heavy (non-hydrogen) atoms. The van der Waals surface area contributed by atoms with E-state index in [0.29, 0.717) is 15.5 Å². The predicted molar refractivity (Wildman–Crippen MR) is 105 cm³/mol. The summed E-state index contributed by atoms with van der Waals surface area (Å²) in [5, 5.41) is 12.2. The van der Waals surface area contributed by atoms with Crippen LogP contribution in [0.25, 0.3) is 0 Å². The Morgan fingerprint density at radius 1 is 1.07 bits per heavy atom. The molecule has 0 radical (unpaired) electrons. The Labute approximate surface area is 171 Å². The lowest BCUT2D eigenvalue weighted by Crippen LogP contribution is -2.50. The number of nitrogens with zero attached hydrogens (tertiary/aromatic N) is 2. The summed E-state index contributed by atoms with van der Waals surface area (Å²) in [6.07, 6.45) is -1.05. The van der Waals surface area contributed by atoms with Crippen LogP contribution in [0.1, 0.15) is 15.2 Å². The predicted octanol–water partition coefficient (Wildman–Crippen LogP) is 2.32. The first-order valence-electron chi connectivity index (χ1n) is 8.38. The van der Waals surface area contributed by atoms with Crippen LogP contribution < -0.4 is 5.32 Å². The van der Waals surface area contributed by atoms with Gasteiger partial charge in [-0.3, -0.25) is 4.79 Å². The molecule has 0 aliphatic carbocycles. The maximum Gasteiger partial charge on any atom is 0.407 e. The molecule has 1 aromatic heterocycles. The quantitative estimate of drug-likeness (QED) is 0.737. The molecule has 2 aromatic rings. The third-order valence-electron chi connectivity index (χ3n) is 4.27. The molecule has 2 N–H and O–H groups in total. The monoisotopic (exact) mass is 443 g/mol. The van der Waals surface area contributed by atoms with Crippen LogP contribution in [0.4, 0.5) is 4.79 Å². The minimum absolute atomic E-state index is 0.120. The fraction of sp³-hybridized carbons (Fsp3) is 0.294. The number of thiophene rings is 1. The molecule has 0 unspecified atom stereocenters. The van der Waals surface area contributed by atoms with Gasteiger partial charge in [0, 0.05) is 41.6 Å². The highest BCUT2D eigenvalue weighted by molar-refractivity contribution is 7.91. The van der Waals surface area contributed by atoms with Gasteiger partial charge in [-0.25, -0.2) is 13.2 Å². The molecule has 11 heteroatoms. The molecule has 2 amide bonds. The average Bonchev–Trinajstić information content (AvgIpc) is 3.16. The van der Waals surface area contributed by atoms with E-state index in [1.165, 1.54) is 15.3 Å². The molecule has 0 atom stereocenters. The Morgan fingerprint density at radius 2 is 1.71 bits per heavy atom. The van der Waals surface area contributed by atoms with Crippen molar-refractivity contribution < 1.29 is 23.1 Å². The van der Waals surface area contributed by atoms with Crippen molar-refractivity contribution in [3.63, 3.8) is 0 Å². The average molecular weight is 444 g/mol. The van der Waals surface area contributed by atoms with Gasteiger partial charge >= 0.3 is 6.09 Å². The van der Waals surface area contributed by atoms with E-state index in [1.54, 1.807) is 30.3 Å². The maximum atomic E-state index is 12.7. The molecular formula is C17H18ClN3O5S2. The van der Waals surface area contributed by atoms with Crippen LogP contribution in [0.2, 0.25) is 5.02 Å². The topological polar surface area (TPSA) is 107 Å². The zero-order valence-electron chi connectivity index (χ0n) is 14.7. The lowest BCUT2D eigenvalue weighted by molar-refractivity contribution is 0.0951. The second-order valence-electron chi connectivity index (χ2n) is 6.08. The van der Waals surface area contributed by atoms with Crippen LogP contribution in [0.5, 0.6) is 0 Å². The summed E-state index contributed by atoms with van der Waals surface area (Å²) in [4.78, 5) is 25.0. The van der Waals surface area contributed by atoms with Gasteiger partial charge in [-0.1, -0.05) is 11.6 Å². The number of nitrogens with one attached hydrogen (secondary N) is 1. The number of carbonyl (C=O) groups excluding carboxylic acids is 1. The number of sulfonamides is 1. The van der Waals surface area contributed by atoms with E-state index in [1.807, 2.05) is 0 Å². The van der Waals surface area contributed by atoms with Crippen LogP contribution in [0.15, 0.2) is 40.6 Å². The van der Waals surface area contributed by atoms with Gasteiger partial charge in [-0.05, 0) is 36.4 Å². The van der Waals surface area contributed by atoms with Crippen LogP contribution >= 0.6 is 22.9 Å². The molecule has 1 fully saturated rings. The summed E-state index contributed by atoms with van der Waals surface area (Å²) in [7, 11) is -3.68. The van der Waals surface area contributed by atoms with E-state index < -0.39 is 16.1 Å². The molecule has 3 rings (SSSR count). The van der Waals surface area contributed by atoms with Crippen molar-refractivity contribution in [1.29, 1.82) is 0 Å². The molecule has 0 spiro atoms. The second-order valence-corrected chi connectivity index (χ2v) is 9.85. The Balaban J connectivity index is 1.61. The molecule has 1 aromatic carbocycles. The first-order valence-corrected chi connectivity index (χ1v) is 11.0. The van der Waals surface area contributed by atoms with Gasteiger partial charge in [0.2, 0.25) is 0 Å². The normalized spacial score (nSPS) is 15.4. The maximum absolute atomic E-state index is 12.7. The number of hydrogen-bond donors (Lipinski definition) is 2. The lowest BCUT2D eigenvalue weighted by atomic mass is 10.2. The van der Waals surface area contributed by atoms with Gasteiger partial charge in [-0.2, -0.15) is 4.31 Å². The van der Waals surface area contributed by atoms with Crippen LogP contribution in [-0.4, -0.2) is 60.9 Å². The first kappa shape index (κ1) is 20.6. The molecule has 1 aliphatic rings. The van der Waals surface area contributed by atoms with Crippen molar-refractivity contribution in [3.05, 3.63) is 51.9 Å². The van der Waals surface area contributed by atoms with Gasteiger partial charge < -0.3 is 15.3 Å². The fourth-order valence-corrected chi connectivity index (χ4v) is 5.71. The third kappa shape index (κ3) is 4.64. The molecule has 0 bridgehead atoms. The number of carboxylic acid groups (broad SMARTS) is 1. The molecule has 8 nitrogen and oxygen atoms in total. The highest BCUT2D eigenvalue weighted by atomic mass is 35.5. The number of amides is 2. The van der Waals surface area contributed by atoms with Crippen molar-refractivity contribution in [3.8, 4) is 0 Å². The third-order valence-corrected chi connectivity index (χ3v) is 7.97. The summed E-state index contributed by atoms with van der Waals surface area (Å²) in [6.45, 7) is 0.729. The van der Waals surface area contributed by atoms with Gasteiger partial charge in [-0.15, -0.1) is 11.3 Å². The minimum atomic E-state index is -3.68. The van der Waals surface area contributed by atoms with Crippen molar-refractivity contribution in [1.82, 2.24) is 14.5 Å². The van der Waals surface area contributed by atoms with Gasteiger partial charge in [0.25, 0.3) is 15.9 Å². The van der Waals surface area contributed by atoms with Crippen LogP contribution in [0, 0.1) is 0 Å². The Kier molecular flexibility index (Phi) is 6.23. The number of piperazine rings is 1. The van der Waals surface area contributed by atoms with Gasteiger partial charge in [0.05, 0.1) is 6.54 Å². The zero-order chi connectivity index (χ0) is 20.3. The van der Waals surface area contributed by atoms with Crippen molar-refractivity contribution in [2.24, 2.45) is 0 Å². The number of carbonyl (C=O) groups is 2. The summed E-state index contributed by atoms with van der Waals surface area (Å²) in [5.41, 5.74) is 0.463. The van der Waals surface area contributed by atoms with E-state index in [4.69, 9.17) is 16.7 Å². The highest BCUT2D eigenvalue weighted by Gasteiger charge is 2.31. The molecule has 2 heterocycles. The Bertz CT molecular complexity index is 967. The van der Waals surface area contributed by atoms with Gasteiger partial charge in [0.1, 0.15) is 4.21 Å². The second kappa shape index (κ2) is 8.48. The SMILES string of the molecule is O=C(NCc1ccc(S(=O)(=O)N2CCN(C(=O)O)CC2)s1)c1ccc(Cl)cc1. The Morgan fingerprint density at radius 3 is 2.32 bits per heavy atom. The van der Waals surface area contributed by atoms with Crippen LogP contribution in [-0.2, 0) is 16.6 Å². The summed E-state index contributed by atoms with van der Waals surface area (Å²) in [5.74, 6) is -0.278. The van der Waals surface area contributed by atoms with Gasteiger partial charge in [0.15, 0.2) is 0 Å². The number of rotatable bonds is 5. The first-order chi connectivity index (χ1) is 13.3. The van der Waals surface area contributed by atoms with E-state index >= 15 is 0 Å². The van der Waals surface area contributed by atoms with Crippen LogP contribution in [0.3, 0.4) is 0 Å². The van der Waals surface area contributed by atoms with E-state index in [-0.39, 0.29) is 42.8 Å². The number of benzene rings is 1. The largest absolute Gasteiger partial charge is 0.465 e. The summed E-state index contributed by atoms with van der Waals surface area (Å²) < 4.78 is 26.9. The molecule has 1 saturated heterocycles. The molecule has 1 aliphatic heterocycles. The fourth-order valence-electron chi connectivity index (χ4n) is 2.71. The number of halogens is 1. The summed E-state index contributed by atoms with van der Waals surface area (Å²) >= 11 is 6.88. The molecular weight excluding hydrogens is 426 g/mol. The summed E-state index contributed by atoms with van der Waals surface area (Å²) in [6, 6.07) is 9.63. The number of hydrogen-bond acceptors (Lipinski definition) is 5. The van der Waals surface area contributed by atoms with Crippen molar-refractivity contribution in [2.75, 3.05) is 26.2 Å². The van der Waals surface area contributed by atoms with E-state index in [9.17, 15) is 18.0 Å². The zero-order valence-corrected chi connectivity index (χ0v) is 17.1. The Hall–Kier alpha value is -2.14. The van der Waals surface area contributed by atoms with E-state index in [2.05, 4.69) is 5.32 Å². The highest BCUT2D eigenvalue weighted by Crippen LogP contribution is 2.26. The van der Waals surface area contributed by atoms with Crippen molar-refractivity contribution in [2.45, 2.75) is 10.8 Å². The smallest absolute Gasteiger partial charge is 0.407 e. The van der Waals surface area contributed by atoms with Crippen molar-refractivity contribution >= 4 is 45.0 Å². The lowest BCUT2D eigenvalue weighted by Gasteiger charge is -2.31. The molecule has 0 saturated carbocycles. The molecule has 150 valence electrons.